The standard InChI is InChI=1S/C11H16N4O2/c1-8(11-12-4-5-13-11)14-9(16)7-15-6-2-3-10(15)17/h4-5,8H,2-3,6-7H2,1H3,(H,12,13)(H,14,16). The van der Waals surface area contributed by atoms with E-state index in [4.69, 9.17) is 0 Å². The van der Waals surface area contributed by atoms with E-state index < -0.39 is 0 Å². The van der Waals surface area contributed by atoms with Crippen molar-refractivity contribution in [3.63, 3.8) is 0 Å². The maximum atomic E-state index is 11.7. The predicted octanol–water partition coefficient (Wildman–Crippen LogP) is 0.209. The zero-order valence-corrected chi connectivity index (χ0v) is 9.77. The molecule has 0 radical (unpaired) electrons. The minimum absolute atomic E-state index is 0.0609. The summed E-state index contributed by atoms with van der Waals surface area (Å²) in [5, 5.41) is 2.80. The molecule has 1 aliphatic rings. The molecule has 0 spiro atoms. The van der Waals surface area contributed by atoms with Gasteiger partial charge in [-0.3, -0.25) is 9.59 Å². The van der Waals surface area contributed by atoms with Crippen LogP contribution in [0, 0.1) is 0 Å². The number of likely N-dealkylation sites (tertiary alicyclic amines) is 1. The highest BCUT2D eigenvalue weighted by Crippen LogP contribution is 2.09. The van der Waals surface area contributed by atoms with Crippen LogP contribution in [0.4, 0.5) is 0 Å². The van der Waals surface area contributed by atoms with E-state index in [0.717, 1.165) is 6.42 Å². The van der Waals surface area contributed by atoms with Crippen LogP contribution >= 0.6 is 0 Å². The van der Waals surface area contributed by atoms with E-state index in [1.165, 1.54) is 0 Å². The van der Waals surface area contributed by atoms with Crippen molar-refractivity contribution >= 4 is 11.8 Å². The lowest BCUT2D eigenvalue weighted by molar-refractivity contribution is -0.133. The summed E-state index contributed by atoms with van der Waals surface area (Å²) in [4.78, 5) is 31.6. The Labute approximate surface area is 99.4 Å². The third kappa shape index (κ3) is 2.83. The number of imidazole rings is 1. The topological polar surface area (TPSA) is 78.1 Å². The maximum absolute atomic E-state index is 11.7. The van der Waals surface area contributed by atoms with Crippen LogP contribution in [-0.2, 0) is 9.59 Å². The number of hydrogen-bond donors (Lipinski definition) is 2. The van der Waals surface area contributed by atoms with Gasteiger partial charge < -0.3 is 15.2 Å². The first-order valence-electron chi connectivity index (χ1n) is 5.73. The van der Waals surface area contributed by atoms with E-state index in [2.05, 4.69) is 15.3 Å². The van der Waals surface area contributed by atoms with Gasteiger partial charge in [0.2, 0.25) is 11.8 Å². The van der Waals surface area contributed by atoms with E-state index in [1.807, 2.05) is 6.92 Å². The largest absolute Gasteiger partial charge is 0.347 e. The summed E-state index contributed by atoms with van der Waals surface area (Å²) in [6, 6.07) is -0.171. The minimum Gasteiger partial charge on any atom is -0.347 e. The first-order valence-corrected chi connectivity index (χ1v) is 5.73. The van der Waals surface area contributed by atoms with Gasteiger partial charge in [-0.25, -0.2) is 4.98 Å². The molecular formula is C11H16N4O2. The Balaban J connectivity index is 1.83. The number of nitrogens with one attached hydrogen (secondary N) is 2. The summed E-state index contributed by atoms with van der Waals surface area (Å²) in [5.41, 5.74) is 0. The van der Waals surface area contributed by atoms with Crippen molar-refractivity contribution in [1.82, 2.24) is 20.2 Å². The molecule has 2 heterocycles. The molecule has 6 heteroatoms. The SMILES string of the molecule is CC(NC(=O)CN1CCCC1=O)c1ncc[nH]1. The van der Waals surface area contributed by atoms with Gasteiger partial charge in [0.25, 0.3) is 0 Å². The number of nitrogens with zero attached hydrogens (tertiary/aromatic N) is 2. The highest BCUT2D eigenvalue weighted by molar-refractivity contribution is 5.85. The third-order valence-electron chi connectivity index (χ3n) is 2.81. The smallest absolute Gasteiger partial charge is 0.240 e. The lowest BCUT2D eigenvalue weighted by Gasteiger charge is -2.17. The molecule has 1 aromatic heterocycles. The lowest BCUT2D eigenvalue weighted by Crippen LogP contribution is -2.39. The molecule has 6 nitrogen and oxygen atoms in total. The molecular weight excluding hydrogens is 220 g/mol. The fraction of sp³-hybridized carbons (Fsp3) is 0.545. The van der Waals surface area contributed by atoms with E-state index in [1.54, 1.807) is 17.3 Å². The van der Waals surface area contributed by atoms with Crippen LogP contribution in [0.15, 0.2) is 12.4 Å². The van der Waals surface area contributed by atoms with Gasteiger partial charge in [-0.1, -0.05) is 0 Å². The zero-order valence-electron chi connectivity index (χ0n) is 9.77. The number of aromatic amines is 1. The summed E-state index contributed by atoms with van der Waals surface area (Å²) in [7, 11) is 0. The molecule has 1 unspecified atom stereocenters. The first kappa shape index (κ1) is 11.6. The summed E-state index contributed by atoms with van der Waals surface area (Å²) >= 11 is 0. The van der Waals surface area contributed by atoms with Gasteiger partial charge in [-0.05, 0) is 13.3 Å². The van der Waals surface area contributed by atoms with E-state index in [0.29, 0.717) is 18.8 Å². The van der Waals surface area contributed by atoms with Crippen molar-refractivity contribution in [3.8, 4) is 0 Å². The average molecular weight is 236 g/mol. The van der Waals surface area contributed by atoms with Crippen LogP contribution in [-0.4, -0.2) is 39.8 Å². The Kier molecular flexibility index (Phi) is 3.41. The zero-order chi connectivity index (χ0) is 12.3. The van der Waals surface area contributed by atoms with Crippen molar-refractivity contribution in [1.29, 1.82) is 0 Å². The van der Waals surface area contributed by atoms with Gasteiger partial charge in [0.05, 0.1) is 12.6 Å². The Morgan fingerprint density at radius 1 is 1.71 bits per heavy atom. The third-order valence-corrected chi connectivity index (χ3v) is 2.81. The molecule has 2 N–H and O–H groups in total. The predicted molar refractivity (Wildman–Crippen MR) is 61.0 cm³/mol. The van der Waals surface area contributed by atoms with Crippen LogP contribution in [0.5, 0.6) is 0 Å². The van der Waals surface area contributed by atoms with Crippen molar-refractivity contribution in [2.24, 2.45) is 0 Å². The second-order valence-corrected chi connectivity index (χ2v) is 4.18. The highest BCUT2D eigenvalue weighted by atomic mass is 16.2. The number of amides is 2. The van der Waals surface area contributed by atoms with Crippen LogP contribution in [0.1, 0.15) is 31.6 Å². The minimum atomic E-state index is -0.171. The first-order chi connectivity index (χ1) is 8.16. The fourth-order valence-electron chi connectivity index (χ4n) is 1.91. The number of hydrogen-bond acceptors (Lipinski definition) is 3. The van der Waals surface area contributed by atoms with Crippen molar-refractivity contribution < 1.29 is 9.59 Å². The van der Waals surface area contributed by atoms with Gasteiger partial charge in [0.1, 0.15) is 5.82 Å². The van der Waals surface area contributed by atoms with E-state index in [-0.39, 0.29) is 24.4 Å². The molecule has 2 amide bonds. The molecule has 1 aliphatic heterocycles. The fourth-order valence-corrected chi connectivity index (χ4v) is 1.91. The monoisotopic (exact) mass is 236 g/mol. The number of carbonyl (C=O) groups is 2. The summed E-state index contributed by atoms with van der Waals surface area (Å²) in [6.07, 6.45) is 4.75. The quantitative estimate of drug-likeness (QED) is 0.784. The van der Waals surface area contributed by atoms with E-state index >= 15 is 0 Å². The molecule has 1 aromatic rings. The molecule has 0 aliphatic carbocycles. The number of aromatic nitrogens is 2. The summed E-state index contributed by atoms with van der Waals surface area (Å²) in [6.45, 7) is 2.67. The van der Waals surface area contributed by atoms with Crippen LogP contribution < -0.4 is 5.32 Å². The molecule has 1 fully saturated rings. The Morgan fingerprint density at radius 3 is 3.12 bits per heavy atom. The molecule has 17 heavy (non-hydrogen) atoms. The molecule has 0 bridgehead atoms. The second-order valence-electron chi connectivity index (χ2n) is 4.18. The normalized spacial score (nSPS) is 17.2. The molecule has 1 saturated heterocycles. The highest BCUT2D eigenvalue weighted by Gasteiger charge is 2.23. The molecule has 0 saturated carbocycles. The average Bonchev–Trinajstić information content (AvgIpc) is 2.90. The van der Waals surface area contributed by atoms with Crippen LogP contribution in [0.3, 0.4) is 0 Å². The van der Waals surface area contributed by atoms with E-state index in [9.17, 15) is 9.59 Å². The Bertz CT molecular complexity index is 402. The van der Waals surface area contributed by atoms with Gasteiger partial charge in [-0.2, -0.15) is 0 Å². The molecule has 1 atom stereocenters. The van der Waals surface area contributed by atoms with Gasteiger partial charge in [-0.15, -0.1) is 0 Å². The van der Waals surface area contributed by atoms with Crippen molar-refractivity contribution in [3.05, 3.63) is 18.2 Å². The number of rotatable bonds is 4. The molecule has 92 valence electrons. The summed E-state index contributed by atoms with van der Waals surface area (Å²) < 4.78 is 0. The number of H-pyrrole nitrogens is 1. The lowest BCUT2D eigenvalue weighted by atomic mass is 10.3. The van der Waals surface area contributed by atoms with Gasteiger partial charge in [0.15, 0.2) is 0 Å². The van der Waals surface area contributed by atoms with Crippen molar-refractivity contribution in [2.45, 2.75) is 25.8 Å². The summed E-state index contributed by atoms with van der Waals surface area (Å²) in [5.74, 6) is 0.626. The van der Waals surface area contributed by atoms with Gasteiger partial charge >= 0.3 is 0 Å². The maximum Gasteiger partial charge on any atom is 0.240 e. The van der Waals surface area contributed by atoms with Gasteiger partial charge in [0, 0.05) is 25.4 Å². The molecule has 2 rings (SSSR count). The Hall–Kier alpha value is -1.85. The van der Waals surface area contributed by atoms with Crippen LogP contribution in [0.25, 0.3) is 0 Å². The molecule has 0 aromatic carbocycles. The number of carbonyl (C=O) groups excluding carboxylic acids is 2. The second kappa shape index (κ2) is 4.99. The van der Waals surface area contributed by atoms with Crippen molar-refractivity contribution in [2.75, 3.05) is 13.1 Å². The Morgan fingerprint density at radius 2 is 2.53 bits per heavy atom. The van der Waals surface area contributed by atoms with Crippen LogP contribution in [0.2, 0.25) is 0 Å².